The molecular formula is C18H11Cl2N3OS. The Hall–Kier alpha value is -2.21. The Kier molecular flexibility index (Phi) is 4.07. The zero-order chi connectivity index (χ0) is 17.6. The molecule has 0 amide bonds. The van der Waals surface area contributed by atoms with Crippen molar-refractivity contribution in [3.8, 4) is 11.4 Å². The van der Waals surface area contributed by atoms with Gasteiger partial charge in [0.05, 0.1) is 4.53 Å². The molecule has 0 saturated heterocycles. The lowest BCUT2D eigenvalue weighted by molar-refractivity contribution is 1.09. The van der Waals surface area contributed by atoms with Gasteiger partial charge in [0.25, 0.3) is 5.56 Å². The van der Waals surface area contributed by atoms with E-state index in [0.29, 0.717) is 25.4 Å². The van der Waals surface area contributed by atoms with Crippen molar-refractivity contribution in [1.82, 2.24) is 14.6 Å². The highest BCUT2D eigenvalue weighted by Crippen LogP contribution is 2.23. The number of hydrogen-bond acceptors (Lipinski definition) is 4. The molecule has 0 aliphatic carbocycles. The Labute approximate surface area is 157 Å². The van der Waals surface area contributed by atoms with Crippen LogP contribution in [-0.4, -0.2) is 14.6 Å². The average molecular weight is 388 g/mol. The van der Waals surface area contributed by atoms with E-state index < -0.39 is 0 Å². The van der Waals surface area contributed by atoms with E-state index in [1.807, 2.05) is 31.2 Å². The Morgan fingerprint density at radius 3 is 2.68 bits per heavy atom. The van der Waals surface area contributed by atoms with Crippen molar-refractivity contribution in [2.45, 2.75) is 6.92 Å². The van der Waals surface area contributed by atoms with Crippen LogP contribution in [0.15, 0.2) is 47.3 Å². The van der Waals surface area contributed by atoms with Gasteiger partial charge >= 0.3 is 0 Å². The summed E-state index contributed by atoms with van der Waals surface area (Å²) in [6.07, 6.45) is 1.75. The van der Waals surface area contributed by atoms with Crippen molar-refractivity contribution < 1.29 is 0 Å². The van der Waals surface area contributed by atoms with Crippen LogP contribution in [0.5, 0.6) is 0 Å². The molecule has 2 heterocycles. The molecule has 0 aliphatic heterocycles. The highest BCUT2D eigenvalue weighted by atomic mass is 35.5. The molecule has 4 nitrogen and oxygen atoms in total. The predicted molar refractivity (Wildman–Crippen MR) is 103 cm³/mol. The zero-order valence-corrected chi connectivity index (χ0v) is 15.4. The normalized spacial score (nSPS) is 12.2. The first-order valence-corrected chi connectivity index (χ1v) is 9.02. The maximum atomic E-state index is 12.9. The second-order valence-electron chi connectivity index (χ2n) is 5.54. The summed E-state index contributed by atoms with van der Waals surface area (Å²) in [5.74, 6) is 0.552. The molecule has 0 N–H and O–H groups in total. The van der Waals surface area contributed by atoms with Crippen LogP contribution in [0.2, 0.25) is 10.0 Å². The Morgan fingerprint density at radius 2 is 1.92 bits per heavy atom. The highest BCUT2D eigenvalue weighted by molar-refractivity contribution is 7.15. The van der Waals surface area contributed by atoms with Crippen LogP contribution < -0.4 is 10.1 Å². The van der Waals surface area contributed by atoms with E-state index in [1.54, 1.807) is 28.7 Å². The lowest BCUT2D eigenvalue weighted by Gasteiger charge is -2.01. The SMILES string of the molecule is Cc1ccccc1-c1nnc2s/c(=C/c3ccc(Cl)cc3Cl)c(=O)n12. The van der Waals surface area contributed by atoms with Crippen LogP contribution >= 0.6 is 34.5 Å². The van der Waals surface area contributed by atoms with E-state index in [4.69, 9.17) is 23.2 Å². The number of nitrogens with zero attached hydrogens (tertiary/aromatic N) is 3. The number of fused-ring (bicyclic) bond motifs is 1. The molecule has 0 atom stereocenters. The fourth-order valence-corrected chi connectivity index (χ4v) is 3.99. The van der Waals surface area contributed by atoms with Gasteiger partial charge in [-0.15, -0.1) is 10.2 Å². The summed E-state index contributed by atoms with van der Waals surface area (Å²) in [4.78, 5) is 13.4. The highest BCUT2D eigenvalue weighted by Gasteiger charge is 2.15. The van der Waals surface area contributed by atoms with Crippen LogP contribution in [0.3, 0.4) is 0 Å². The topological polar surface area (TPSA) is 47.3 Å². The van der Waals surface area contributed by atoms with Crippen LogP contribution in [-0.2, 0) is 0 Å². The van der Waals surface area contributed by atoms with Gasteiger partial charge < -0.3 is 0 Å². The molecule has 25 heavy (non-hydrogen) atoms. The van der Waals surface area contributed by atoms with E-state index in [-0.39, 0.29) is 5.56 Å². The molecular weight excluding hydrogens is 377 g/mol. The summed E-state index contributed by atoms with van der Waals surface area (Å²) in [6, 6.07) is 13.0. The summed E-state index contributed by atoms with van der Waals surface area (Å²) < 4.78 is 2.09. The third-order valence-electron chi connectivity index (χ3n) is 3.88. The van der Waals surface area contributed by atoms with Gasteiger partial charge in [-0.1, -0.05) is 64.9 Å². The summed E-state index contributed by atoms with van der Waals surface area (Å²) in [5.41, 5.74) is 2.50. The van der Waals surface area contributed by atoms with Crippen molar-refractivity contribution in [3.63, 3.8) is 0 Å². The van der Waals surface area contributed by atoms with E-state index >= 15 is 0 Å². The van der Waals surface area contributed by atoms with Crippen LogP contribution in [0.25, 0.3) is 22.4 Å². The van der Waals surface area contributed by atoms with Gasteiger partial charge in [0.2, 0.25) is 4.96 Å². The third kappa shape index (κ3) is 2.84. The molecule has 4 rings (SSSR count). The average Bonchev–Trinajstić information content (AvgIpc) is 3.12. The van der Waals surface area contributed by atoms with Crippen molar-refractivity contribution >= 4 is 45.6 Å². The fraction of sp³-hybridized carbons (Fsp3) is 0.0556. The van der Waals surface area contributed by atoms with Gasteiger partial charge in [0.1, 0.15) is 0 Å². The molecule has 7 heteroatoms. The number of rotatable bonds is 2. The minimum Gasteiger partial charge on any atom is -0.267 e. The minimum atomic E-state index is -0.158. The standard InChI is InChI=1S/C18H11Cl2N3OS/c1-10-4-2-3-5-13(10)16-21-22-18-23(16)17(24)15(25-18)8-11-6-7-12(19)9-14(11)20/h2-9H,1H3/b15-8+. The van der Waals surface area contributed by atoms with E-state index in [9.17, 15) is 4.79 Å². The molecule has 0 fully saturated rings. The summed E-state index contributed by atoms with van der Waals surface area (Å²) in [5, 5.41) is 9.39. The van der Waals surface area contributed by atoms with Crippen LogP contribution in [0.1, 0.15) is 11.1 Å². The number of halogens is 2. The Bertz CT molecular complexity index is 1210. The lowest BCUT2D eigenvalue weighted by atomic mass is 10.1. The first kappa shape index (κ1) is 16.3. The first-order chi connectivity index (χ1) is 12.0. The lowest BCUT2D eigenvalue weighted by Crippen LogP contribution is -2.23. The second kappa shape index (κ2) is 6.26. The van der Waals surface area contributed by atoms with Crippen molar-refractivity contribution in [3.05, 3.63) is 78.5 Å². The first-order valence-electron chi connectivity index (χ1n) is 7.45. The Balaban J connectivity index is 1.94. The number of hydrogen-bond donors (Lipinski definition) is 0. The summed E-state index contributed by atoms with van der Waals surface area (Å²) in [7, 11) is 0. The van der Waals surface area contributed by atoms with E-state index in [2.05, 4.69) is 10.2 Å². The number of thiazole rings is 1. The number of aromatic nitrogens is 3. The molecule has 124 valence electrons. The molecule has 2 aromatic heterocycles. The maximum absolute atomic E-state index is 12.9. The molecule has 0 aliphatic rings. The third-order valence-corrected chi connectivity index (χ3v) is 5.41. The quantitative estimate of drug-likeness (QED) is 0.522. The molecule has 0 spiro atoms. The van der Waals surface area contributed by atoms with Crippen molar-refractivity contribution in [1.29, 1.82) is 0 Å². The molecule has 0 saturated carbocycles. The van der Waals surface area contributed by atoms with Crippen molar-refractivity contribution in [2.24, 2.45) is 0 Å². The summed E-state index contributed by atoms with van der Waals surface area (Å²) >= 11 is 13.4. The molecule has 2 aromatic carbocycles. The van der Waals surface area contributed by atoms with E-state index in [0.717, 1.165) is 16.7 Å². The van der Waals surface area contributed by atoms with Gasteiger partial charge in [-0.2, -0.15) is 0 Å². The van der Waals surface area contributed by atoms with E-state index in [1.165, 1.54) is 11.3 Å². The largest absolute Gasteiger partial charge is 0.276 e. The van der Waals surface area contributed by atoms with Gasteiger partial charge in [-0.3, -0.25) is 4.79 Å². The molecule has 4 aromatic rings. The smallest absolute Gasteiger partial charge is 0.267 e. The van der Waals surface area contributed by atoms with Gasteiger partial charge in [-0.25, -0.2) is 4.40 Å². The predicted octanol–water partition coefficient (Wildman–Crippen LogP) is 3.98. The molecule has 0 bridgehead atoms. The fourth-order valence-electron chi connectivity index (χ4n) is 2.62. The van der Waals surface area contributed by atoms with Gasteiger partial charge in [0, 0.05) is 15.6 Å². The Morgan fingerprint density at radius 1 is 1.12 bits per heavy atom. The number of aryl methyl sites for hydroxylation is 1. The number of benzene rings is 2. The zero-order valence-electron chi connectivity index (χ0n) is 13.0. The minimum absolute atomic E-state index is 0.158. The van der Waals surface area contributed by atoms with Crippen molar-refractivity contribution in [2.75, 3.05) is 0 Å². The van der Waals surface area contributed by atoms with Crippen LogP contribution in [0.4, 0.5) is 0 Å². The second-order valence-corrected chi connectivity index (χ2v) is 7.39. The van der Waals surface area contributed by atoms with Gasteiger partial charge in [0.15, 0.2) is 5.82 Å². The summed E-state index contributed by atoms with van der Waals surface area (Å²) in [6.45, 7) is 1.98. The molecule has 0 radical (unpaired) electrons. The maximum Gasteiger partial charge on any atom is 0.276 e. The van der Waals surface area contributed by atoms with Crippen LogP contribution in [0, 0.1) is 6.92 Å². The van der Waals surface area contributed by atoms with Gasteiger partial charge in [-0.05, 0) is 36.3 Å². The monoisotopic (exact) mass is 387 g/mol. The molecule has 0 unspecified atom stereocenters.